The highest BCUT2D eigenvalue weighted by Crippen LogP contribution is 2.21. The van der Waals surface area contributed by atoms with E-state index in [-0.39, 0.29) is 5.97 Å². The maximum atomic E-state index is 12.0. The number of nitrogens with one attached hydrogen (secondary N) is 1. The van der Waals surface area contributed by atoms with Gasteiger partial charge >= 0.3 is 12.1 Å². The summed E-state index contributed by atoms with van der Waals surface area (Å²) in [7, 11) is 0. The summed E-state index contributed by atoms with van der Waals surface area (Å²) in [6.07, 6.45) is -0.486. The lowest BCUT2D eigenvalue weighted by Crippen LogP contribution is -2.32. The Morgan fingerprint density at radius 2 is 1.61 bits per heavy atom. The minimum absolute atomic E-state index is 0.296. The van der Waals surface area contributed by atoms with Gasteiger partial charge in [0.05, 0.1) is 5.56 Å². The van der Waals surface area contributed by atoms with E-state index in [1.165, 1.54) is 0 Å². The molecule has 0 fully saturated rings. The molecule has 1 aromatic carbocycles. The van der Waals surface area contributed by atoms with Crippen molar-refractivity contribution >= 4 is 28.0 Å². The largest absolute Gasteiger partial charge is 0.456 e. The number of alkyl carbamates (subject to hydrolysis) is 1. The van der Waals surface area contributed by atoms with Gasteiger partial charge in [-0.3, -0.25) is 0 Å². The Balaban J connectivity index is 2.70. The first-order valence-electron chi connectivity index (χ1n) is 7.36. The van der Waals surface area contributed by atoms with Crippen molar-refractivity contribution < 1.29 is 19.1 Å². The Morgan fingerprint density at radius 3 is 2.09 bits per heavy atom. The van der Waals surface area contributed by atoms with Crippen LogP contribution in [-0.4, -0.2) is 23.3 Å². The Kier molecular flexibility index (Phi) is 6.22. The van der Waals surface area contributed by atoms with E-state index in [0.717, 1.165) is 10.0 Å². The van der Waals surface area contributed by atoms with Gasteiger partial charge in [0.25, 0.3) is 0 Å². The first-order valence-corrected chi connectivity index (χ1v) is 8.15. The molecule has 6 heteroatoms. The second-order valence-electron chi connectivity index (χ2n) is 7.16. The van der Waals surface area contributed by atoms with Gasteiger partial charge in [-0.05, 0) is 59.2 Å². The number of hydrogen-bond donors (Lipinski definition) is 1. The van der Waals surface area contributed by atoms with Crippen molar-refractivity contribution in [3.8, 4) is 0 Å². The molecule has 1 amide bonds. The third-order valence-corrected chi connectivity index (χ3v) is 3.25. The molecule has 1 rings (SSSR count). The van der Waals surface area contributed by atoms with Crippen LogP contribution in [0.5, 0.6) is 0 Å². The average Bonchev–Trinajstić information content (AvgIpc) is 2.33. The summed E-state index contributed by atoms with van der Waals surface area (Å²) >= 11 is 3.41. The van der Waals surface area contributed by atoms with Crippen LogP contribution in [0.1, 0.15) is 57.5 Å². The smallest absolute Gasteiger partial charge is 0.407 e. The van der Waals surface area contributed by atoms with Gasteiger partial charge in [0.1, 0.15) is 11.2 Å². The van der Waals surface area contributed by atoms with Crippen LogP contribution in [0, 0.1) is 0 Å². The molecule has 0 bridgehead atoms. The maximum absolute atomic E-state index is 12.0. The lowest BCUT2D eigenvalue weighted by Gasteiger charge is -2.20. The van der Waals surface area contributed by atoms with Crippen LogP contribution in [0.15, 0.2) is 22.7 Å². The van der Waals surface area contributed by atoms with E-state index in [0.29, 0.717) is 12.1 Å². The molecular formula is C17H24BrNO4. The molecule has 0 heterocycles. The van der Waals surface area contributed by atoms with Crippen molar-refractivity contribution in [3.05, 3.63) is 33.8 Å². The number of amides is 1. The molecule has 0 aliphatic carbocycles. The van der Waals surface area contributed by atoms with E-state index >= 15 is 0 Å². The van der Waals surface area contributed by atoms with Gasteiger partial charge in [-0.2, -0.15) is 0 Å². The van der Waals surface area contributed by atoms with Crippen molar-refractivity contribution in [2.75, 3.05) is 0 Å². The fraction of sp³-hybridized carbons (Fsp3) is 0.529. The molecular weight excluding hydrogens is 362 g/mol. The Hall–Kier alpha value is -1.56. The van der Waals surface area contributed by atoms with Crippen molar-refractivity contribution in [1.29, 1.82) is 0 Å². The molecule has 0 radical (unpaired) electrons. The van der Waals surface area contributed by atoms with Gasteiger partial charge in [0.2, 0.25) is 0 Å². The SMILES string of the molecule is CC(C)(C)OC(=O)NCc1ccc(C(=O)OC(C)(C)C)cc1Br. The Labute approximate surface area is 145 Å². The van der Waals surface area contributed by atoms with Crippen LogP contribution < -0.4 is 5.32 Å². The second-order valence-corrected chi connectivity index (χ2v) is 8.02. The van der Waals surface area contributed by atoms with E-state index in [2.05, 4.69) is 21.2 Å². The zero-order valence-electron chi connectivity index (χ0n) is 14.5. The van der Waals surface area contributed by atoms with Crippen LogP contribution >= 0.6 is 15.9 Å². The number of carbonyl (C=O) groups excluding carboxylic acids is 2. The molecule has 23 heavy (non-hydrogen) atoms. The van der Waals surface area contributed by atoms with Crippen LogP contribution in [0.2, 0.25) is 0 Å². The molecule has 0 aromatic heterocycles. The topological polar surface area (TPSA) is 64.6 Å². The minimum Gasteiger partial charge on any atom is -0.456 e. The summed E-state index contributed by atoms with van der Waals surface area (Å²) in [5.74, 6) is -0.384. The van der Waals surface area contributed by atoms with E-state index in [1.54, 1.807) is 39.0 Å². The number of benzene rings is 1. The van der Waals surface area contributed by atoms with Crippen LogP contribution in [0.4, 0.5) is 4.79 Å². The lowest BCUT2D eigenvalue weighted by molar-refractivity contribution is 0.00690. The first kappa shape index (κ1) is 19.5. The predicted molar refractivity (Wildman–Crippen MR) is 92.4 cm³/mol. The third kappa shape index (κ3) is 7.50. The van der Waals surface area contributed by atoms with Crippen molar-refractivity contribution in [3.63, 3.8) is 0 Å². The summed E-state index contributed by atoms with van der Waals surface area (Å²) in [4.78, 5) is 23.7. The van der Waals surface area contributed by atoms with Gasteiger partial charge in [0.15, 0.2) is 0 Å². The van der Waals surface area contributed by atoms with Gasteiger partial charge in [-0.1, -0.05) is 22.0 Å². The first-order chi connectivity index (χ1) is 10.4. The number of esters is 1. The zero-order valence-corrected chi connectivity index (χ0v) is 16.0. The number of hydrogen-bond acceptors (Lipinski definition) is 4. The molecule has 0 saturated carbocycles. The number of ether oxygens (including phenoxy) is 2. The molecule has 0 atom stereocenters. The monoisotopic (exact) mass is 385 g/mol. The Bertz CT molecular complexity index is 585. The lowest BCUT2D eigenvalue weighted by atomic mass is 10.1. The van der Waals surface area contributed by atoms with Gasteiger partial charge in [0, 0.05) is 11.0 Å². The van der Waals surface area contributed by atoms with E-state index in [9.17, 15) is 9.59 Å². The molecule has 0 saturated heterocycles. The van der Waals surface area contributed by atoms with Gasteiger partial charge in [-0.25, -0.2) is 9.59 Å². The van der Waals surface area contributed by atoms with Crippen molar-refractivity contribution in [1.82, 2.24) is 5.32 Å². The highest BCUT2D eigenvalue weighted by atomic mass is 79.9. The van der Waals surface area contributed by atoms with E-state index < -0.39 is 17.3 Å². The van der Waals surface area contributed by atoms with E-state index in [1.807, 2.05) is 20.8 Å². The van der Waals surface area contributed by atoms with Gasteiger partial charge < -0.3 is 14.8 Å². The quantitative estimate of drug-likeness (QED) is 0.781. The summed E-state index contributed by atoms with van der Waals surface area (Å²) in [5.41, 5.74) is 0.207. The molecule has 0 spiro atoms. The number of halogens is 1. The summed E-state index contributed by atoms with van der Waals surface area (Å²) in [6.45, 7) is 11.2. The zero-order chi connectivity index (χ0) is 17.8. The Morgan fingerprint density at radius 1 is 1.04 bits per heavy atom. The van der Waals surface area contributed by atoms with Crippen molar-refractivity contribution in [2.24, 2.45) is 0 Å². The maximum Gasteiger partial charge on any atom is 0.407 e. The minimum atomic E-state index is -0.541. The standard InChI is InChI=1S/C17H24BrNO4/c1-16(2,3)22-14(20)11-7-8-12(13(18)9-11)10-19-15(21)23-17(4,5)6/h7-9H,10H2,1-6H3,(H,19,21). The average molecular weight is 386 g/mol. The van der Waals surface area contributed by atoms with Crippen molar-refractivity contribution in [2.45, 2.75) is 59.3 Å². The van der Waals surface area contributed by atoms with Crippen LogP contribution in [0.3, 0.4) is 0 Å². The summed E-state index contributed by atoms with van der Waals surface area (Å²) < 4.78 is 11.2. The highest BCUT2D eigenvalue weighted by Gasteiger charge is 2.19. The molecule has 0 unspecified atom stereocenters. The molecule has 1 aromatic rings. The predicted octanol–water partition coefficient (Wildman–Crippen LogP) is 4.43. The van der Waals surface area contributed by atoms with E-state index in [4.69, 9.17) is 9.47 Å². The van der Waals surface area contributed by atoms with Crippen LogP contribution in [0.25, 0.3) is 0 Å². The summed E-state index contributed by atoms with van der Waals surface area (Å²) in [6, 6.07) is 5.12. The number of carbonyl (C=O) groups is 2. The number of rotatable bonds is 3. The molecule has 5 nitrogen and oxygen atoms in total. The fourth-order valence-electron chi connectivity index (χ4n) is 1.64. The normalized spacial score (nSPS) is 11.8. The molecule has 0 aliphatic rings. The second kappa shape index (κ2) is 7.34. The molecule has 1 N–H and O–H groups in total. The molecule has 128 valence electrons. The summed E-state index contributed by atoms with van der Waals surface area (Å²) in [5, 5.41) is 2.68. The van der Waals surface area contributed by atoms with Crippen LogP contribution in [-0.2, 0) is 16.0 Å². The van der Waals surface area contributed by atoms with Gasteiger partial charge in [-0.15, -0.1) is 0 Å². The highest BCUT2D eigenvalue weighted by molar-refractivity contribution is 9.10. The third-order valence-electron chi connectivity index (χ3n) is 2.51. The molecule has 0 aliphatic heterocycles. The fourth-order valence-corrected chi connectivity index (χ4v) is 2.16.